The van der Waals surface area contributed by atoms with Gasteiger partial charge >= 0.3 is 0 Å². The SMILES string of the molecule is CC(C)OCc1ccc(C(=O)N[C@@H](C)CO)cc1. The van der Waals surface area contributed by atoms with Crippen LogP contribution in [0.4, 0.5) is 0 Å². The van der Waals surface area contributed by atoms with E-state index in [0.29, 0.717) is 12.2 Å². The average molecular weight is 251 g/mol. The maximum absolute atomic E-state index is 11.7. The molecule has 0 bridgehead atoms. The molecular weight excluding hydrogens is 230 g/mol. The third kappa shape index (κ3) is 4.85. The van der Waals surface area contributed by atoms with Crippen molar-refractivity contribution >= 4 is 5.91 Å². The summed E-state index contributed by atoms with van der Waals surface area (Å²) in [5, 5.41) is 11.6. The summed E-state index contributed by atoms with van der Waals surface area (Å²) in [6.07, 6.45) is 0.193. The Balaban J connectivity index is 2.56. The van der Waals surface area contributed by atoms with Crippen LogP contribution >= 0.6 is 0 Å². The van der Waals surface area contributed by atoms with Crippen molar-refractivity contribution < 1.29 is 14.6 Å². The molecule has 0 radical (unpaired) electrons. The number of hydrogen-bond donors (Lipinski definition) is 2. The number of hydrogen-bond acceptors (Lipinski definition) is 3. The molecule has 0 aromatic heterocycles. The first-order valence-corrected chi connectivity index (χ1v) is 6.15. The van der Waals surface area contributed by atoms with Gasteiger partial charge in [-0.3, -0.25) is 4.79 Å². The van der Waals surface area contributed by atoms with Gasteiger partial charge in [-0.05, 0) is 38.5 Å². The summed E-state index contributed by atoms with van der Waals surface area (Å²) in [7, 11) is 0. The molecular formula is C14H21NO3. The molecule has 0 aliphatic carbocycles. The largest absolute Gasteiger partial charge is 0.394 e. The Hall–Kier alpha value is -1.39. The van der Waals surface area contributed by atoms with Crippen molar-refractivity contribution in [2.75, 3.05) is 6.61 Å². The van der Waals surface area contributed by atoms with Gasteiger partial charge in [0.2, 0.25) is 0 Å². The molecule has 0 aliphatic rings. The Morgan fingerprint density at radius 2 is 1.89 bits per heavy atom. The van der Waals surface area contributed by atoms with Gasteiger partial charge in [-0.1, -0.05) is 12.1 Å². The highest BCUT2D eigenvalue weighted by Gasteiger charge is 2.08. The van der Waals surface area contributed by atoms with Crippen LogP contribution in [-0.4, -0.2) is 29.8 Å². The average Bonchev–Trinajstić information content (AvgIpc) is 2.36. The zero-order valence-corrected chi connectivity index (χ0v) is 11.1. The molecule has 100 valence electrons. The highest BCUT2D eigenvalue weighted by molar-refractivity contribution is 5.94. The van der Waals surface area contributed by atoms with Crippen molar-refractivity contribution in [2.24, 2.45) is 0 Å². The minimum Gasteiger partial charge on any atom is -0.394 e. The lowest BCUT2D eigenvalue weighted by molar-refractivity contribution is 0.0656. The summed E-state index contributed by atoms with van der Waals surface area (Å²) < 4.78 is 5.48. The number of aliphatic hydroxyl groups excluding tert-OH is 1. The van der Waals surface area contributed by atoms with Crippen LogP contribution in [0.25, 0.3) is 0 Å². The number of ether oxygens (including phenoxy) is 1. The van der Waals surface area contributed by atoms with Gasteiger partial charge in [-0.15, -0.1) is 0 Å². The fourth-order valence-electron chi connectivity index (χ4n) is 1.37. The number of carbonyl (C=O) groups excluding carboxylic acids is 1. The highest BCUT2D eigenvalue weighted by atomic mass is 16.5. The second-order valence-electron chi connectivity index (χ2n) is 4.61. The number of rotatable bonds is 6. The van der Waals surface area contributed by atoms with E-state index in [4.69, 9.17) is 9.84 Å². The zero-order chi connectivity index (χ0) is 13.5. The van der Waals surface area contributed by atoms with E-state index in [1.54, 1.807) is 19.1 Å². The predicted molar refractivity (Wildman–Crippen MR) is 70.4 cm³/mol. The van der Waals surface area contributed by atoms with Crippen molar-refractivity contribution in [1.29, 1.82) is 0 Å². The maximum Gasteiger partial charge on any atom is 0.251 e. The third-order valence-electron chi connectivity index (χ3n) is 2.45. The van der Waals surface area contributed by atoms with Crippen molar-refractivity contribution in [3.05, 3.63) is 35.4 Å². The lowest BCUT2D eigenvalue weighted by atomic mass is 10.1. The van der Waals surface area contributed by atoms with Crippen LogP contribution in [0.5, 0.6) is 0 Å². The quantitative estimate of drug-likeness (QED) is 0.809. The van der Waals surface area contributed by atoms with Gasteiger partial charge in [0.05, 0.1) is 19.3 Å². The number of carbonyl (C=O) groups is 1. The molecule has 0 aliphatic heterocycles. The molecule has 0 fully saturated rings. The monoisotopic (exact) mass is 251 g/mol. The molecule has 0 spiro atoms. The Morgan fingerprint density at radius 1 is 1.28 bits per heavy atom. The number of nitrogens with one attached hydrogen (secondary N) is 1. The number of aliphatic hydroxyl groups is 1. The molecule has 1 aromatic rings. The first kappa shape index (κ1) is 14.7. The zero-order valence-electron chi connectivity index (χ0n) is 11.1. The van der Waals surface area contributed by atoms with E-state index in [9.17, 15) is 4.79 Å². The molecule has 18 heavy (non-hydrogen) atoms. The molecule has 1 rings (SSSR count). The molecule has 4 heteroatoms. The van der Waals surface area contributed by atoms with E-state index >= 15 is 0 Å². The van der Waals surface area contributed by atoms with Crippen LogP contribution in [-0.2, 0) is 11.3 Å². The van der Waals surface area contributed by atoms with E-state index in [2.05, 4.69) is 5.32 Å². The molecule has 4 nitrogen and oxygen atoms in total. The summed E-state index contributed by atoms with van der Waals surface area (Å²) in [4.78, 5) is 11.7. The standard InChI is InChI=1S/C14H21NO3/c1-10(2)18-9-12-4-6-13(7-5-12)14(17)15-11(3)8-16/h4-7,10-11,16H,8-9H2,1-3H3,(H,15,17)/t11-/m0/s1. The van der Waals surface area contributed by atoms with Crippen molar-refractivity contribution in [3.63, 3.8) is 0 Å². The Labute approximate surface area is 108 Å². The van der Waals surface area contributed by atoms with Crippen LogP contribution in [0.2, 0.25) is 0 Å². The second-order valence-corrected chi connectivity index (χ2v) is 4.61. The Bertz CT molecular complexity index is 373. The van der Waals surface area contributed by atoms with Crippen LogP contribution in [0.15, 0.2) is 24.3 Å². The first-order chi connectivity index (χ1) is 8.52. The maximum atomic E-state index is 11.7. The van der Waals surface area contributed by atoms with E-state index in [0.717, 1.165) is 5.56 Å². The van der Waals surface area contributed by atoms with E-state index in [-0.39, 0.29) is 24.7 Å². The molecule has 1 atom stereocenters. The minimum absolute atomic E-state index is 0.0634. The van der Waals surface area contributed by atoms with E-state index < -0.39 is 0 Å². The van der Waals surface area contributed by atoms with Crippen molar-refractivity contribution in [3.8, 4) is 0 Å². The Morgan fingerprint density at radius 3 is 2.39 bits per heavy atom. The fourth-order valence-corrected chi connectivity index (χ4v) is 1.37. The lowest BCUT2D eigenvalue weighted by Crippen LogP contribution is -2.34. The van der Waals surface area contributed by atoms with Crippen molar-refractivity contribution in [1.82, 2.24) is 5.32 Å². The summed E-state index contributed by atoms with van der Waals surface area (Å²) in [6.45, 7) is 6.21. The van der Waals surface area contributed by atoms with Gasteiger partial charge in [0.1, 0.15) is 0 Å². The van der Waals surface area contributed by atoms with Crippen LogP contribution < -0.4 is 5.32 Å². The van der Waals surface area contributed by atoms with Gasteiger partial charge in [0.25, 0.3) is 5.91 Å². The van der Waals surface area contributed by atoms with Gasteiger partial charge in [0.15, 0.2) is 0 Å². The van der Waals surface area contributed by atoms with Gasteiger partial charge < -0.3 is 15.2 Å². The summed E-state index contributed by atoms with van der Waals surface area (Å²) in [5.41, 5.74) is 1.62. The molecule has 0 heterocycles. The summed E-state index contributed by atoms with van der Waals surface area (Å²) in [6, 6.07) is 7.04. The topological polar surface area (TPSA) is 58.6 Å². The fraction of sp³-hybridized carbons (Fsp3) is 0.500. The van der Waals surface area contributed by atoms with Gasteiger partial charge in [-0.2, -0.15) is 0 Å². The highest BCUT2D eigenvalue weighted by Crippen LogP contribution is 2.07. The van der Waals surface area contributed by atoms with Crippen LogP contribution in [0, 0.1) is 0 Å². The molecule has 1 aromatic carbocycles. The first-order valence-electron chi connectivity index (χ1n) is 6.15. The number of benzene rings is 1. The molecule has 0 unspecified atom stereocenters. The van der Waals surface area contributed by atoms with Crippen molar-refractivity contribution in [2.45, 2.75) is 39.5 Å². The second kappa shape index (κ2) is 7.13. The molecule has 1 amide bonds. The van der Waals surface area contributed by atoms with E-state index in [1.165, 1.54) is 0 Å². The van der Waals surface area contributed by atoms with E-state index in [1.807, 2.05) is 26.0 Å². The molecule has 0 saturated heterocycles. The normalized spacial score (nSPS) is 12.5. The Kier molecular flexibility index (Phi) is 5.82. The molecule has 0 saturated carbocycles. The minimum atomic E-state index is -0.235. The lowest BCUT2D eigenvalue weighted by Gasteiger charge is -2.11. The molecule has 2 N–H and O–H groups in total. The van der Waals surface area contributed by atoms with Crippen LogP contribution in [0.1, 0.15) is 36.7 Å². The number of amides is 1. The smallest absolute Gasteiger partial charge is 0.251 e. The van der Waals surface area contributed by atoms with Gasteiger partial charge in [0, 0.05) is 11.6 Å². The summed E-state index contributed by atoms with van der Waals surface area (Å²) >= 11 is 0. The third-order valence-corrected chi connectivity index (χ3v) is 2.45. The summed E-state index contributed by atoms with van der Waals surface area (Å²) in [5.74, 6) is -0.173. The van der Waals surface area contributed by atoms with Crippen LogP contribution in [0.3, 0.4) is 0 Å². The van der Waals surface area contributed by atoms with Gasteiger partial charge in [-0.25, -0.2) is 0 Å². The predicted octanol–water partition coefficient (Wildman–Crippen LogP) is 1.72.